The highest BCUT2D eigenvalue weighted by Gasteiger charge is 2.04. The van der Waals surface area contributed by atoms with Gasteiger partial charge in [0.15, 0.2) is 0 Å². The molecule has 6 nitrogen and oxygen atoms in total. The topological polar surface area (TPSA) is 71.1 Å². The molecule has 6 heteroatoms. The van der Waals surface area contributed by atoms with E-state index in [2.05, 4.69) is 6.58 Å². The van der Waals surface area contributed by atoms with Gasteiger partial charge in [-0.2, -0.15) is 0 Å². The highest BCUT2D eigenvalue weighted by atomic mass is 16.6. The van der Waals surface area contributed by atoms with E-state index in [0.29, 0.717) is 30.1 Å². The van der Waals surface area contributed by atoms with Crippen molar-refractivity contribution in [1.29, 1.82) is 0 Å². The minimum atomic E-state index is -0.418. The summed E-state index contributed by atoms with van der Waals surface area (Å²) < 4.78 is 21.1. The molecule has 2 aromatic carbocycles. The van der Waals surface area contributed by atoms with Crippen molar-refractivity contribution in [1.82, 2.24) is 0 Å². The molecule has 0 radical (unpaired) electrons. The van der Waals surface area contributed by atoms with Gasteiger partial charge in [0.05, 0.1) is 0 Å². The van der Waals surface area contributed by atoms with E-state index >= 15 is 0 Å². The van der Waals surface area contributed by atoms with E-state index in [0.717, 1.165) is 11.1 Å². The summed E-state index contributed by atoms with van der Waals surface area (Å²) in [6.45, 7) is 7.88. The molecule has 0 amide bonds. The monoisotopic (exact) mass is 398 g/mol. The fraction of sp³-hybridized carbons (Fsp3) is 0.304. The van der Waals surface area contributed by atoms with Crippen LogP contribution in [0.3, 0.4) is 0 Å². The molecule has 0 saturated carbocycles. The number of ether oxygens (including phenoxy) is 4. The minimum absolute atomic E-state index is 0.173. The molecule has 0 fully saturated rings. The van der Waals surface area contributed by atoms with Crippen molar-refractivity contribution in [3.8, 4) is 22.6 Å². The van der Waals surface area contributed by atoms with Crippen LogP contribution in [0.4, 0.5) is 0 Å². The lowest BCUT2D eigenvalue weighted by Crippen LogP contribution is -2.12. The van der Waals surface area contributed by atoms with E-state index in [1.807, 2.05) is 48.5 Å². The first kappa shape index (κ1) is 22.0. The third-order valence-corrected chi connectivity index (χ3v) is 3.88. The van der Waals surface area contributed by atoms with Crippen molar-refractivity contribution in [2.75, 3.05) is 26.4 Å². The summed E-state index contributed by atoms with van der Waals surface area (Å²) in [5.74, 6) is 0.759. The molecule has 0 aliphatic carbocycles. The van der Waals surface area contributed by atoms with Crippen LogP contribution < -0.4 is 9.47 Å². The van der Waals surface area contributed by atoms with Crippen molar-refractivity contribution in [2.24, 2.45) is 0 Å². The minimum Gasteiger partial charge on any atom is -0.490 e. The normalized spacial score (nSPS) is 10.1. The Morgan fingerprint density at radius 3 is 1.62 bits per heavy atom. The van der Waals surface area contributed by atoms with Crippen molar-refractivity contribution in [2.45, 2.75) is 20.3 Å². The molecule has 0 atom stereocenters. The summed E-state index contributed by atoms with van der Waals surface area (Å²) in [4.78, 5) is 22.4. The molecule has 0 heterocycles. The number of rotatable bonds is 11. The molecule has 0 N–H and O–H groups in total. The first-order valence-corrected chi connectivity index (χ1v) is 9.44. The lowest BCUT2D eigenvalue weighted by atomic mass is 10.1. The molecule has 0 aliphatic heterocycles. The Morgan fingerprint density at radius 2 is 1.21 bits per heavy atom. The number of esters is 2. The summed E-state index contributed by atoms with van der Waals surface area (Å²) >= 11 is 0. The Bertz CT molecular complexity index is 808. The predicted octanol–water partition coefficient (Wildman–Crippen LogP) is 4.18. The Hall–Kier alpha value is -3.28. The van der Waals surface area contributed by atoms with Crippen molar-refractivity contribution >= 4 is 11.9 Å². The summed E-state index contributed by atoms with van der Waals surface area (Å²) in [6.07, 6.45) is 0.362. The summed E-state index contributed by atoms with van der Waals surface area (Å²) in [7, 11) is 0. The molecule has 2 rings (SSSR count). The van der Waals surface area contributed by atoms with Crippen LogP contribution in [0.5, 0.6) is 11.5 Å². The van der Waals surface area contributed by atoms with Gasteiger partial charge in [-0.15, -0.1) is 0 Å². The van der Waals surface area contributed by atoms with Gasteiger partial charge in [-0.25, -0.2) is 4.79 Å². The van der Waals surface area contributed by atoms with Crippen LogP contribution in [-0.4, -0.2) is 38.4 Å². The third-order valence-electron chi connectivity index (χ3n) is 3.88. The standard InChI is InChI=1S/C23H26O6/c1-4-22(24)28-15-13-26-20-9-5-18(6-10-20)19-7-11-21(12-8-19)27-14-16-29-23(25)17(2)3/h5-12H,2,4,13-16H2,1,3H3. The molecule has 154 valence electrons. The average molecular weight is 398 g/mol. The first-order chi connectivity index (χ1) is 14.0. The molecule has 0 aromatic heterocycles. The molecule has 0 unspecified atom stereocenters. The maximum Gasteiger partial charge on any atom is 0.333 e. The molecular formula is C23H26O6. The van der Waals surface area contributed by atoms with Gasteiger partial charge >= 0.3 is 11.9 Å². The second-order valence-electron chi connectivity index (χ2n) is 6.24. The lowest BCUT2D eigenvalue weighted by molar-refractivity contribution is -0.144. The largest absolute Gasteiger partial charge is 0.490 e. The average Bonchev–Trinajstić information content (AvgIpc) is 2.74. The Morgan fingerprint density at radius 1 is 0.759 bits per heavy atom. The van der Waals surface area contributed by atoms with Gasteiger partial charge in [-0.3, -0.25) is 4.79 Å². The first-order valence-electron chi connectivity index (χ1n) is 9.44. The Balaban J connectivity index is 1.78. The molecular weight excluding hydrogens is 372 g/mol. The second kappa shape index (κ2) is 11.5. The summed E-state index contributed by atoms with van der Waals surface area (Å²) in [5.41, 5.74) is 2.44. The van der Waals surface area contributed by atoms with Gasteiger partial charge < -0.3 is 18.9 Å². The number of benzene rings is 2. The molecule has 0 bridgehead atoms. The van der Waals surface area contributed by atoms with Gasteiger partial charge in [0.1, 0.15) is 37.9 Å². The fourth-order valence-corrected chi connectivity index (χ4v) is 2.32. The van der Waals surface area contributed by atoms with Gasteiger partial charge in [-0.05, 0) is 42.3 Å². The Labute approximate surface area is 171 Å². The zero-order valence-electron chi connectivity index (χ0n) is 16.8. The zero-order valence-corrected chi connectivity index (χ0v) is 16.8. The molecule has 0 spiro atoms. The highest BCUT2D eigenvalue weighted by Crippen LogP contribution is 2.24. The van der Waals surface area contributed by atoms with Crippen LogP contribution in [0.25, 0.3) is 11.1 Å². The maximum atomic E-state index is 11.3. The SMILES string of the molecule is C=C(C)C(=O)OCCOc1ccc(-c2ccc(OCCOC(=O)CC)cc2)cc1. The molecule has 29 heavy (non-hydrogen) atoms. The van der Waals surface area contributed by atoms with Crippen molar-refractivity contribution in [3.63, 3.8) is 0 Å². The highest BCUT2D eigenvalue weighted by molar-refractivity contribution is 5.86. The number of carbonyl (C=O) groups is 2. The fourth-order valence-electron chi connectivity index (χ4n) is 2.32. The third kappa shape index (κ3) is 7.70. The molecule has 2 aromatic rings. The van der Waals surface area contributed by atoms with Crippen LogP contribution in [-0.2, 0) is 19.1 Å². The van der Waals surface area contributed by atoms with Gasteiger partial charge in [0, 0.05) is 12.0 Å². The Kier molecular flexibility index (Phi) is 8.76. The zero-order chi connectivity index (χ0) is 21.1. The van der Waals surface area contributed by atoms with Crippen LogP contribution >= 0.6 is 0 Å². The molecule has 0 saturated heterocycles. The number of carbonyl (C=O) groups excluding carboxylic acids is 2. The van der Waals surface area contributed by atoms with Gasteiger partial charge in [0.2, 0.25) is 0 Å². The maximum absolute atomic E-state index is 11.3. The van der Waals surface area contributed by atoms with E-state index in [-0.39, 0.29) is 25.8 Å². The quantitative estimate of drug-likeness (QED) is 0.321. The number of hydrogen-bond donors (Lipinski definition) is 0. The lowest BCUT2D eigenvalue weighted by Gasteiger charge is -2.09. The van der Waals surface area contributed by atoms with Crippen LogP contribution in [0.2, 0.25) is 0 Å². The predicted molar refractivity (Wildman–Crippen MR) is 110 cm³/mol. The smallest absolute Gasteiger partial charge is 0.333 e. The van der Waals surface area contributed by atoms with Crippen LogP contribution in [0.15, 0.2) is 60.7 Å². The van der Waals surface area contributed by atoms with E-state index in [1.54, 1.807) is 13.8 Å². The summed E-state index contributed by atoms with van der Waals surface area (Å²) in [5, 5.41) is 0. The van der Waals surface area contributed by atoms with Gasteiger partial charge in [-0.1, -0.05) is 37.8 Å². The summed E-state index contributed by atoms with van der Waals surface area (Å²) in [6, 6.07) is 15.3. The van der Waals surface area contributed by atoms with E-state index < -0.39 is 5.97 Å². The van der Waals surface area contributed by atoms with Crippen LogP contribution in [0, 0.1) is 0 Å². The molecule has 0 aliphatic rings. The van der Waals surface area contributed by atoms with Gasteiger partial charge in [0.25, 0.3) is 0 Å². The second-order valence-corrected chi connectivity index (χ2v) is 6.24. The van der Waals surface area contributed by atoms with Crippen LogP contribution in [0.1, 0.15) is 20.3 Å². The van der Waals surface area contributed by atoms with E-state index in [9.17, 15) is 9.59 Å². The van der Waals surface area contributed by atoms with Crippen molar-refractivity contribution in [3.05, 3.63) is 60.7 Å². The van der Waals surface area contributed by atoms with E-state index in [1.165, 1.54) is 0 Å². The van der Waals surface area contributed by atoms with E-state index in [4.69, 9.17) is 18.9 Å². The van der Waals surface area contributed by atoms with Crippen molar-refractivity contribution < 1.29 is 28.5 Å². The number of hydrogen-bond acceptors (Lipinski definition) is 6.